The van der Waals surface area contributed by atoms with Crippen molar-refractivity contribution < 1.29 is 9.18 Å². The number of benzene rings is 1. The molecule has 1 aromatic carbocycles. The first-order chi connectivity index (χ1) is 14.1. The number of nitrogens with one attached hydrogen (secondary N) is 1. The summed E-state index contributed by atoms with van der Waals surface area (Å²) in [7, 11) is 0. The van der Waals surface area contributed by atoms with Gasteiger partial charge in [-0.3, -0.25) is 4.90 Å². The molecule has 1 N–H and O–H groups in total. The second-order valence-corrected chi connectivity index (χ2v) is 7.98. The van der Waals surface area contributed by atoms with Crippen LogP contribution in [0.3, 0.4) is 0 Å². The van der Waals surface area contributed by atoms with Gasteiger partial charge in [0.25, 0.3) is 0 Å². The van der Waals surface area contributed by atoms with Gasteiger partial charge in [-0.1, -0.05) is 13.0 Å². The first kappa shape index (κ1) is 19.9. The number of carbonyl (C=O) groups excluding carboxylic acids is 1. The quantitative estimate of drug-likeness (QED) is 0.776. The number of rotatable bonds is 7. The smallest absolute Gasteiger partial charge is 0.317 e. The number of fused-ring (bicyclic) bond motifs is 1. The molecular weight excluding hydrogens is 369 g/mol. The molecule has 1 aromatic heterocycles. The van der Waals surface area contributed by atoms with Crippen LogP contribution in [0, 0.1) is 5.82 Å². The largest absolute Gasteiger partial charge is 0.338 e. The standard InChI is InChI=1S/C22H30FN5O/c1-3-11-26-12-10-21-19(14-26)20(15-27(17-8-9-17)22(29)24-4-2)25-28(21)18-7-5-6-16(23)13-18/h5-7,13,17H,3-4,8-12,14-15H2,1-2H3,(H,24,29). The van der Waals surface area contributed by atoms with Gasteiger partial charge in [0.2, 0.25) is 0 Å². The van der Waals surface area contributed by atoms with Gasteiger partial charge in [0.15, 0.2) is 0 Å². The van der Waals surface area contributed by atoms with E-state index in [0.29, 0.717) is 19.1 Å². The molecule has 0 unspecified atom stereocenters. The summed E-state index contributed by atoms with van der Waals surface area (Å²) in [4.78, 5) is 17.0. The fourth-order valence-corrected chi connectivity index (χ4v) is 4.16. The molecule has 1 fully saturated rings. The lowest BCUT2D eigenvalue weighted by Crippen LogP contribution is -2.41. The van der Waals surface area contributed by atoms with Crippen LogP contribution in [0.15, 0.2) is 24.3 Å². The van der Waals surface area contributed by atoms with Crippen molar-refractivity contribution in [3.8, 4) is 5.69 Å². The van der Waals surface area contributed by atoms with Crippen molar-refractivity contribution in [2.75, 3.05) is 19.6 Å². The Hall–Kier alpha value is -2.41. The predicted molar refractivity (Wildman–Crippen MR) is 110 cm³/mol. The number of halogens is 1. The Kier molecular flexibility index (Phi) is 5.85. The molecule has 2 amide bonds. The van der Waals surface area contributed by atoms with E-state index in [4.69, 9.17) is 5.10 Å². The minimum Gasteiger partial charge on any atom is -0.338 e. The number of aromatic nitrogens is 2. The summed E-state index contributed by atoms with van der Waals surface area (Å²) < 4.78 is 15.7. The molecule has 156 valence electrons. The fourth-order valence-electron chi connectivity index (χ4n) is 4.16. The van der Waals surface area contributed by atoms with E-state index < -0.39 is 0 Å². The van der Waals surface area contributed by atoms with Gasteiger partial charge in [0.1, 0.15) is 5.82 Å². The Labute approximate surface area is 171 Å². The average molecular weight is 400 g/mol. The Morgan fingerprint density at radius 2 is 2.17 bits per heavy atom. The Morgan fingerprint density at radius 1 is 1.34 bits per heavy atom. The molecule has 0 radical (unpaired) electrons. The topological polar surface area (TPSA) is 53.4 Å². The van der Waals surface area contributed by atoms with Crippen LogP contribution in [0.2, 0.25) is 0 Å². The molecular formula is C22H30FN5O. The lowest BCUT2D eigenvalue weighted by molar-refractivity contribution is 0.191. The molecule has 4 rings (SSSR count). The zero-order chi connectivity index (χ0) is 20.4. The lowest BCUT2D eigenvalue weighted by Gasteiger charge is -2.28. The molecule has 1 aliphatic heterocycles. The number of carbonyl (C=O) groups is 1. The lowest BCUT2D eigenvalue weighted by atomic mass is 10.0. The van der Waals surface area contributed by atoms with Gasteiger partial charge in [-0.05, 0) is 50.9 Å². The third-order valence-corrected chi connectivity index (χ3v) is 5.71. The number of hydrogen-bond acceptors (Lipinski definition) is 3. The summed E-state index contributed by atoms with van der Waals surface area (Å²) in [6.07, 6.45) is 4.08. The minimum atomic E-state index is -0.265. The van der Waals surface area contributed by atoms with Crippen molar-refractivity contribution in [2.45, 2.75) is 58.7 Å². The van der Waals surface area contributed by atoms with E-state index in [1.165, 1.54) is 17.7 Å². The SMILES string of the molecule is CCCN1CCc2c(c(CN(C(=O)NCC)C3CC3)nn2-c2cccc(F)c2)C1. The molecule has 0 saturated heterocycles. The van der Waals surface area contributed by atoms with Crippen LogP contribution in [0.4, 0.5) is 9.18 Å². The molecule has 1 aliphatic carbocycles. The fraction of sp³-hybridized carbons (Fsp3) is 0.545. The van der Waals surface area contributed by atoms with Gasteiger partial charge >= 0.3 is 6.03 Å². The summed E-state index contributed by atoms with van der Waals surface area (Å²) in [6, 6.07) is 6.86. The maximum Gasteiger partial charge on any atom is 0.317 e. The summed E-state index contributed by atoms with van der Waals surface area (Å²) in [5, 5.41) is 7.83. The van der Waals surface area contributed by atoms with Crippen molar-refractivity contribution in [2.24, 2.45) is 0 Å². The van der Waals surface area contributed by atoms with E-state index in [9.17, 15) is 9.18 Å². The normalized spacial score (nSPS) is 16.5. The van der Waals surface area contributed by atoms with Gasteiger partial charge in [-0.2, -0.15) is 5.10 Å². The zero-order valence-corrected chi connectivity index (χ0v) is 17.3. The molecule has 7 heteroatoms. The van der Waals surface area contributed by atoms with Gasteiger partial charge in [-0.25, -0.2) is 13.9 Å². The Bertz CT molecular complexity index is 876. The molecule has 0 atom stereocenters. The Balaban J connectivity index is 1.69. The molecule has 0 spiro atoms. The third kappa shape index (κ3) is 4.29. The second-order valence-electron chi connectivity index (χ2n) is 7.98. The van der Waals surface area contributed by atoms with Crippen LogP contribution in [-0.2, 0) is 19.5 Å². The van der Waals surface area contributed by atoms with Crippen LogP contribution in [0.1, 0.15) is 50.1 Å². The molecule has 29 heavy (non-hydrogen) atoms. The van der Waals surface area contributed by atoms with Crippen LogP contribution >= 0.6 is 0 Å². The van der Waals surface area contributed by atoms with Gasteiger partial charge < -0.3 is 10.2 Å². The maximum absolute atomic E-state index is 13.9. The van der Waals surface area contributed by atoms with Crippen molar-refractivity contribution in [1.29, 1.82) is 0 Å². The highest BCUT2D eigenvalue weighted by Crippen LogP contribution is 2.31. The molecule has 2 aromatic rings. The predicted octanol–water partition coefficient (Wildman–Crippen LogP) is 3.47. The summed E-state index contributed by atoms with van der Waals surface area (Å²) in [6.45, 7) is 8.10. The van der Waals surface area contributed by atoms with Crippen molar-refractivity contribution in [1.82, 2.24) is 24.9 Å². The van der Waals surface area contributed by atoms with E-state index in [1.807, 2.05) is 22.6 Å². The Morgan fingerprint density at radius 3 is 2.86 bits per heavy atom. The van der Waals surface area contributed by atoms with Crippen molar-refractivity contribution >= 4 is 6.03 Å². The van der Waals surface area contributed by atoms with Crippen molar-refractivity contribution in [3.05, 3.63) is 47.0 Å². The van der Waals surface area contributed by atoms with E-state index in [2.05, 4.69) is 17.1 Å². The number of hydrogen-bond donors (Lipinski definition) is 1. The van der Waals surface area contributed by atoms with Gasteiger partial charge in [-0.15, -0.1) is 0 Å². The highest BCUT2D eigenvalue weighted by atomic mass is 19.1. The van der Waals surface area contributed by atoms with Gasteiger partial charge in [0.05, 0.1) is 23.6 Å². The highest BCUT2D eigenvalue weighted by molar-refractivity contribution is 5.74. The maximum atomic E-state index is 13.9. The van der Waals surface area contributed by atoms with Gasteiger partial charge in [0, 0.05) is 37.7 Å². The van der Waals surface area contributed by atoms with Crippen molar-refractivity contribution in [3.63, 3.8) is 0 Å². The summed E-state index contributed by atoms with van der Waals surface area (Å²) in [5.41, 5.74) is 4.02. The zero-order valence-electron chi connectivity index (χ0n) is 17.3. The number of amides is 2. The highest BCUT2D eigenvalue weighted by Gasteiger charge is 2.35. The molecule has 2 aliphatic rings. The van der Waals surface area contributed by atoms with Crippen LogP contribution in [0.5, 0.6) is 0 Å². The number of nitrogens with zero attached hydrogens (tertiary/aromatic N) is 4. The van der Waals surface area contributed by atoms with E-state index in [1.54, 1.807) is 6.07 Å². The van der Waals surface area contributed by atoms with Crippen LogP contribution in [0.25, 0.3) is 5.69 Å². The molecule has 1 saturated carbocycles. The van der Waals surface area contributed by atoms with E-state index in [-0.39, 0.29) is 11.8 Å². The molecule has 2 heterocycles. The molecule has 6 nitrogen and oxygen atoms in total. The van der Waals surface area contributed by atoms with Crippen LogP contribution in [-0.4, -0.2) is 51.3 Å². The minimum absolute atomic E-state index is 0.0229. The second kappa shape index (κ2) is 8.53. The first-order valence-corrected chi connectivity index (χ1v) is 10.7. The van der Waals surface area contributed by atoms with Crippen LogP contribution < -0.4 is 5.32 Å². The number of urea groups is 1. The monoisotopic (exact) mass is 399 g/mol. The first-order valence-electron chi connectivity index (χ1n) is 10.7. The van der Waals surface area contributed by atoms with E-state index in [0.717, 1.165) is 62.4 Å². The summed E-state index contributed by atoms with van der Waals surface area (Å²) >= 11 is 0. The third-order valence-electron chi connectivity index (χ3n) is 5.71. The van der Waals surface area contributed by atoms with E-state index >= 15 is 0 Å². The average Bonchev–Trinajstić information content (AvgIpc) is 3.48. The molecule has 0 bridgehead atoms. The summed E-state index contributed by atoms with van der Waals surface area (Å²) in [5.74, 6) is -0.265.